The van der Waals surface area contributed by atoms with Crippen LogP contribution in [0.25, 0.3) is 0 Å². The largest absolute Gasteiger partial charge is 0.497 e. The average molecular weight is 371 g/mol. The Hall–Kier alpha value is -3.06. The minimum atomic E-state index is -0.283. The van der Waals surface area contributed by atoms with Gasteiger partial charge >= 0.3 is 4.87 Å². The molecule has 134 valence electrons. The number of aromatic hydroxyl groups is 1. The smallest absolute Gasteiger partial charge is 0.307 e. The van der Waals surface area contributed by atoms with Crippen LogP contribution in [0.3, 0.4) is 0 Å². The highest BCUT2D eigenvalue weighted by Crippen LogP contribution is 2.22. The molecule has 0 aliphatic rings. The number of methoxy groups -OCH3 is 1. The fourth-order valence-corrected chi connectivity index (χ4v) is 3.13. The summed E-state index contributed by atoms with van der Waals surface area (Å²) in [7, 11) is 1.57. The monoisotopic (exact) mass is 371 g/mol. The van der Waals surface area contributed by atoms with Gasteiger partial charge in [-0.2, -0.15) is 0 Å². The molecule has 0 amide bonds. The standard InChI is InChI=1S/C19H17NO5S/c1-24-14-8-4-13(5-9-14)16(21)11-25-15-6-2-12(3-7-15)10-17-18(22)20-19(23)26-17/h2-9,22H,10-11H2,1H3,(H,20,23). The number of hydrogen-bond acceptors (Lipinski definition) is 6. The number of rotatable bonds is 7. The van der Waals surface area contributed by atoms with Gasteiger partial charge in [0, 0.05) is 12.0 Å². The fourth-order valence-electron chi connectivity index (χ4n) is 2.37. The van der Waals surface area contributed by atoms with Crippen LogP contribution in [-0.2, 0) is 6.42 Å². The molecule has 0 radical (unpaired) electrons. The van der Waals surface area contributed by atoms with E-state index in [-0.39, 0.29) is 23.1 Å². The molecule has 0 unspecified atom stereocenters. The number of Topliss-reactive ketones (excluding diaryl/α,β-unsaturated/α-hetero) is 1. The lowest BCUT2D eigenvalue weighted by Gasteiger charge is -2.07. The predicted molar refractivity (Wildman–Crippen MR) is 98.7 cm³/mol. The van der Waals surface area contributed by atoms with Gasteiger partial charge in [0.2, 0.25) is 5.88 Å². The third kappa shape index (κ3) is 4.31. The van der Waals surface area contributed by atoms with Crippen molar-refractivity contribution in [1.82, 2.24) is 4.98 Å². The van der Waals surface area contributed by atoms with Crippen molar-refractivity contribution < 1.29 is 19.4 Å². The maximum absolute atomic E-state index is 12.1. The summed E-state index contributed by atoms with van der Waals surface area (Å²) in [5.41, 5.74) is 1.48. The van der Waals surface area contributed by atoms with E-state index >= 15 is 0 Å². The van der Waals surface area contributed by atoms with Gasteiger partial charge in [-0.25, -0.2) is 0 Å². The topological polar surface area (TPSA) is 88.6 Å². The first kappa shape index (κ1) is 17.8. The van der Waals surface area contributed by atoms with Gasteiger partial charge in [-0.05, 0) is 42.0 Å². The highest BCUT2D eigenvalue weighted by Gasteiger charge is 2.09. The number of H-pyrrole nitrogens is 1. The molecule has 0 bridgehead atoms. The molecule has 2 N–H and O–H groups in total. The van der Waals surface area contributed by atoms with Gasteiger partial charge in [0.15, 0.2) is 12.4 Å². The summed E-state index contributed by atoms with van der Waals surface area (Å²) in [5.74, 6) is 1.04. The summed E-state index contributed by atoms with van der Waals surface area (Å²) in [6.45, 7) is -0.0636. The molecule has 0 spiro atoms. The van der Waals surface area contributed by atoms with Gasteiger partial charge in [-0.1, -0.05) is 23.5 Å². The van der Waals surface area contributed by atoms with Gasteiger partial charge in [0.1, 0.15) is 11.5 Å². The first-order chi connectivity index (χ1) is 12.5. The zero-order valence-electron chi connectivity index (χ0n) is 14.0. The van der Waals surface area contributed by atoms with Crippen LogP contribution in [0.1, 0.15) is 20.8 Å². The van der Waals surface area contributed by atoms with Gasteiger partial charge in [0.25, 0.3) is 0 Å². The van der Waals surface area contributed by atoms with Gasteiger partial charge < -0.3 is 14.6 Å². The average Bonchev–Trinajstić information content (AvgIpc) is 2.98. The Kier molecular flexibility index (Phi) is 5.38. The zero-order valence-corrected chi connectivity index (χ0v) is 14.8. The maximum Gasteiger partial charge on any atom is 0.307 e. The molecular weight excluding hydrogens is 354 g/mol. The first-order valence-corrected chi connectivity index (χ1v) is 8.67. The van der Waals surface area contributed by atoms with Crippen molar-refractivity contribution in [3.8, 4) is 17.4 Å². The van der Waals surface area contributed by atoms with Crippen LogP contribution in [-0.4, -0.2) is 29.6 Å². The molecule has 6 nitrogen and oxygen atoms in total. The van der Waals surface area contributed by atoms with E-state index in [0.717, 1.165) is 16.9 Å². The van der Waals surface area contributed by atoms with Crippen molar-refractivity contribution in [2.24, 2.45) is 0 Å². The number of benzene rings is 2. The Morgan fingerprint density at radius 3 is 2.31 bits per heavy atom. The summed E-state index contributed by atoms with van der Waals surface area (Å²) in [6, 6.07) is 14.0. The molecule has 3 rings (SSSR count). The summed E-state index contributed by atoms with van der Waals surface area (Å²) in [5, 5.41) is 9.62. The van der Waals surface area contributed by atoms with Crippen LogP contribution in [0.5, 0.6) is 17.4 Å². The van der Waals surface area contributed by atoms with E-state index in [9.17, 15) is 14.7 Å². The lowest BCUT2D eigenvalue weighted by molar-refractivity contribution is 0.0921. The molecule has 0 aliphatic carbocycles. The molecule has 3 aromatic rings. The highest BCUT2D eigenvalue weighted by atomic mass is 32.1. The molecule has 2 aromatic carbocycles. The number of ether oxygens (including phenoxy) is 2. The van der Waals surface area contributed by atoms with E-state index in [4.69, 9.17) is 9.47 Å². The van der Waals surface area contributed by atoms with Gasteiger partial charge in [-0.15, -0.1) is 0 Å². The summed E-state index contributed by atoms with van der Waals surface area (Å²) in [4.78, 5) is 26.0. The predicted octanol–water partition coefficient (Wildman–Crippen LogP) is 3.00. The molecule has 0 saturated carbocycles. The fraction of sp³-hybridized carbons (Fsp3) is 0.158. The Bertz CT molecular complexity index is 941. The van der Waals surface area contributed by atoms with Crippen LogP contribution in [0, 0.1) is 0 Å². The number of aromatic amines is 1. The van der Waals surface area contributed by atoms with Gasteiger partial charge in [0.05, 0.1) is 12.0 Å². The molecule has 0 fully saturated rings. The molecular formula is C19H17NO5S. The maximum atomic E-state index is 12.1. The quantitative estimate of drug-likeness (QED) is 0.623. The molecule has 1 heterocycles. The molecule has 0 saturated heterocycles. The Labute approximate surface area is 153 Å². The number of hydrogen-bond donors (Lipinski definition) is 2. The number of nitrogens with one attached hydrogen (secondary N) is 1. The summed E-state index contributed by atoms with van der Waals surface area (Å²) >= 11 is 0.982. The van der Waals surface area contributed by atoms with Gasteiger partial charge in [-0.3, -0.25) is 14.6 Å². The number of carbonyl (C=O) groups excluding carboxylic acids is 1. The third-order valence-electron chi connectivity index (χ3n) is 3.77. The van der Waals surface area contributed by atoms with Crippen LogP contribution in [0.4, 0.5) is 0 Å². The van der Waals surface area contributed by atoms with Crippen molar-refractivity contribution in [2.75, 3.05) is 13.7 Å². The van der Waals surface area contributed by atoms with Crippen LogP contribution >= 0.6 is 11.3 Å². The number of aromatic nitrogens is 1. The molecule has 0 atom stereocenters. The second-order valence-corrected chi connectivity index (χ2v) is 6.62. The second kappa shape index (κ2) is 7.88. The van der Waals surface area contributed by atoms with E-state index in [1.54, 1.807) is 43.5 Å². The Morgan fingerprint density at radius 2 is 1.73 bits per heavy atom. The third-order valence-corrected chi connectivity index (χ3v) is 4.64. The number of carbonyl (C=O) groups is 1. The Morgan fingerprint density at radius 1 is 1.08 bits per heavy atom. The van der Waals surface area contributed by atoms with E-state index in [0.29, 0.717) is 28.4 Å². The van der Waals surface area contributed by atoms with E-state index in [1.807, 2.05) is 12.1 Å². The number of thiazole rings is 1. The van der Waals surface area contributed by atoms with E-state index < -0.39 is 0 Å². The van der Waals surface area contributed by atoms with E-state index in [2.05, 4.69) is 4.98 Å². The first-order valence-electron chi connectivity index (χ1n) is 7.85. The van der Waals surface area contributed by atoms with Crippen LogP contribution < -0.4 is 14.3 Å². The molecule has 1 aromatic heterocycles. The Balaban J connectivity index is 1.57. The van der Waals surface area contributed by atoms with Crippen LogP contribution in [0.15, 0.2) is 53.3 Å². The number of ketones is 1. The minimum Gasteiger partial charge on any atom is -0.497 e. The molecule has 0 aliphatic heterocycles. The van der Waals surface area contributed by atoms with Crippen molar-refractivity contribution in [3.05, 3.63) is 74.2 Å². The van der Waals surface area contributed by atoms with Crippen molar-refractivity contribution >= 4 is 17.1 Å². The lowest BCUT2D eigenvalue weighted by Crippen LogP contribution is -2.11. The second-order valence-electron chi connectivity index (χ2n) is 5.55. The van der Waals surface area contributed by atoms with Crippen molar-refractivity contribution in [1.29, 1.82) is 0 Å². The zero-order chi connectivity index (χ0) is 18.5. The minimum absolute atomic E-state index is 0.0636. The van der Waals surface area contributed by atoms with Crippen LogP contribution in [0.2, 0.25) is 0 Å². The lowest BCUT2D eigenvalue weighted by atomic mass is 10.1. The van der Waals surface area contributed by atoms with Crippen molar-refractivity contribution in [2.45, 2.75) is 6.42 Å². The summed E-state index contributed by atoms with van der Waals surface area (Å²) < 4.78 is 10.6. The molecule has 26 heavy (non-hydrogen) atoms. The molecule has 7 heteroatoms. The van der Waals surface area contributed by atoms with E-state index in [1.165, 1.54) is 0 Å². The summed E-state index contributed by atoms with van der Waals surface area (Å²) in [6.07, 6.45) is 0.445. The SMILES string of the molecule is COc1ccc(C(=O)COc2ccc(Cc3sc(=O)[nH]c3O)cc2)cc1. The van der Waals surface area contributed by atoms with Crippen molar-refractivity contribution in [3.63, 3.8) is 0 Å². The normalized spacial score (nSPS) is 10.5. The highest BCUT2D eigenvalue weighted by molar-refractivity contribution is 7.09.